The lowest BCUT2D eigenvalue weighted by molar-refractivity contribution is -0.116. The van der Waals surface area contributed by atoms with Gasteiger partial charge in [-0.25, -0.2) is 4.79 Å². The standard InChI is InChI=1S/C26H30N4O6/c1-15(2)30-23(33)19-11-6-16(14-20(19)24(30)34)22(32)29-18-9-7-17(8-10-18)28-21(31)12-13-27-25(35)36-26(3,4)5/h6-11,14-15H,12-13H2,1-5H3,(H,27,35)(H,28,31)(H,29,32). The Kier molecular flexibility index (Phi) is 7.77. The van der Waals surface area contributed by atoms with E-state index >= 15 is 0 Å². The lowest BCUT2D eigenvalue weighted by Crippen LogP contribution is -2.35. The smallest absolute Gasteiger partial charge is 0.407 e. The maximum atomic E-state index is 12.7. The van der Waals surface area contributed by atoms with Gasteiger partial charge in [0.1, 0.15) is 5.60 Å². The van der Waals surface area contributed by atoms with Crippen LogP contribution in [0.25, 0.3) is 0 Å². The topological polar surface area (TPSA) is 134 Å². The minimum atomic E-state index is -0.616. The number of alkyl carbamates (subject to hydrolysis) is 1. The molecule has 5 amide bonds. The van der Waals surface area contributed by atoms with Crippen molar-refractivity contribution in [2.75, 3.05) is 17.2 Å². The van der Waals surface area contributed by atoms with E-state index in [1.54, 1.807) is 58.9 Å². The predicted octanol–water partition coefficient (Wildman–Crippen LogP) is 3.80. The molecule has 190 valence electrons. The van der Waals surface area contributed by atoms with E-state index in [0.717, 1.165) is 0 Å². The molecule has 36 heavy (non-hydrogen) atoms. The molecule has 2 aromatic rings. The highest BCUT2D eigenvalue weighted by molar-refractivity contribution is 6.22. The molecule has 1 heterocycles. The van der Waals surface area contributed by atoms with Gasteiger partial charge >= 0.3 is 6.09 Å². The van der Waals surface area contributed by atoms with Crippen molar-refractivity contribution in [3.05, 3.63) is 59.2 Å². The lowest BCUT2D eigenvalue weighted by atomic mass is 10.1. The molecule has 3 N–H and O–H groups in total. The van der Waals surface area contributed by atoms with Crippen LogP contribution < -0.4 is 16.0 Å². The first-order chi connectivity index (χ1) is 16.9. The highest BCUT2D eigenvalue weighted by Crippen LogP contribution is 2.26. The highest BCUT2D eigenvalue weighted by Gasteiger charge is 2.37. The normalized spacial score (nSPS) is 12.9. The minimum absolute atomic E-state index is 0.0610. The molecule has 0 bridgehead atoms. The van der Waals surface area contributed by atoms with Crippen molar-refractivity contribution in [3.8, 4) is 0 Å². The van der Waals surface area contributed by atoms with Crippen molar-refractivity contribution in [2.24, 2.45) is 0 Å². The van der Waals surface area contributed by atoms with Gasteiger partial charge in [-0.05, 0) is 77.1 Å². The van der Waals surface area contributed by atoms with Crippen molar-refractivity contribution < 1.29 is 28.7 Å². The lowest BCUT2D eigenvalue weighted by Gasteiger charge is -2.19. The van der Waals surface area contributed by atoms with Crippen LogP contribution >= 0.6 is 0 Å². The van der Waals surface area contributed by atoms with Crippen LogP contribution in [0.15, 0.2) is 42.5 Å². The van der Waals surface area contributed by atoms with Gasteiger partial charge in [0.2, 0.25) is 5.91 Å². The van der Waals surface area contributed by atoms with Gasteiger partial charge in [0.05, 0.1) is 11.1 Å². The zero-order valence-corrected chi connectivity index (χ0v) is 20.9. The second-order valence-electron chi connectivity index (χ2n) is 9.59. The molecule has 0 unspecified atom stereocenters. The number of rotatable bonds is 7. The summed E-state index contributed by atoms with van der Waals surface area (Å²) in [7, 11) is 0. The molecule has 0 radical (unpaired) electrons. The molecule has 1 aliphatic heterocycles. The van der Waals surface area contributed by atoms with Crippen LogP contribution in [0, 0.1) is 0 Å². The molecule has 3 rings (SSSR count). The minimum Gasteiger partial charge on any atom is -0.444 e. The summed E-state index contributed by atoms with van der Waals surface area (Å²) in [6, 6.07) is 10.6. The third-order valence-corrected chi connectivity index (χ3v) is 5.14. The van der Waals surface area contributed by atoms with Crippen LogP contribution in [0.2, 0.25) is 0 Å². The monoisotopic (exact) mass is 494 g/mol. The number of carbonyl (C=O) groups excluding carboxylic acids is 5. The summed E-state index contributed by atoms with van der Waals surface area (Å²) in [5.41, 5.74) is 1.12. The quantitative estimate of drug-likeness (QED) is 0.502. The van der Waals surface area contributed by atoms with Crippen molar-refractivity contribution >= 4 is 41.1 Å². The Hall–Kier alpha value is -4.21. The number of hydrogen-bond donors (Lipinski definition) is 3. The Labute approximate surface area is 209 Å². The Bertz CT molecular complexity index is 1200. The zero-order chi connectivity index (χ0) is 26.6. The van der Waals surface area contributed by atoms with E-state index in [9.17, 15) is 24.0 Å². The molecular weight excluding hydrogens is 464 g/mol. The average molecular weight is 495 g/mol. The summed E-state index contributed by atoms with van der Waals surface area (Å²) in [5.74, 6) is -1.52. The van der Waals surface area contributed by atoms with Gasteiger partial charge in [0.15, 0.2) is 0 Å². The first kappa shape index (κ1) is 26.4. The second-order valence-corrected chi connectivity index (χ2v) is 9.59. The van der Waals surface area contributed by atoms with Crippen LogP contribution in [-0.4, -0.2) is 52.8 Å². The van der Waals surface area contributed by atoms with Crippen molar-refractivity contribution in [1.29, 1.82) is 0 Å². The summed E-state index contributed by atoms with van der Waals surface area (Å²) in [4.78, 5) is 62.6. The van der Waals surface area contributed by atoms with E-state index < -0.39 is 23.5 Å². The Morgan fingerprint density at radius 3 is 2.06 bits per heavy atom. The van der Waals surface area contributed by atoms with Crippen LogP contribution in [0.5, 0.6) is 0 Å². The van der Waals surface area contributed by atoms with E-state index in [4.69, 9.17) is 4.74 Å². The Morgan fingerprint density at radius 1 is 0.889 bits per heavy atom. The largest absolute Gasteiger partial charge is 0.444 e. The van der Waals surface area contributed by atoms with E-state index in [1.165, 1.54) is 23.1 Å². The van der Waals surface area contributed by atoms with Gasteiger partial charge in [0.25, 0.3) is 17.7 Å². The second kappa shape index (κ2) is 10.6. The number of carbonyl (C=O) groups is 5. The number of anilines is 2. The molecule has 0 atom stereocenters. The van der Waals surface area contributed by atoms with E-state index in [-0.39, 0.29) is 47.5 Å². The van der Waals surface area contributed by atoms with Gasteiger partial charge in [0, 0.05) is 35.9 Å². The fourth-order valence-corrected chi connectivity index (χ4v) is 3.53. The third-order valence-electron chi connectivity index (χ3n) is 5.14. The van der Waals surface area contributed by atoms with Crippen molar-refractivity contribution in [3.63, 3.8) is 0 Å². The third kappa shape index (κ3) is 6.47. The van der Waals surface area contributed by atoms with E-state index in [1.807, 2.05) is 0 Å². The fraction of sp³-hybridized carbons (Fsp3) is 0.346. The molecule has 2 aromatic carbocycles. The van der Waals surface area contributed by atoms with Gasteiger partial charge in [-0.1, -0.05) is 0 Å². The Balaban J connectivity index is 1.53. The van der Waals surface area contributed by atoms with Crippen LogP contribution in [0.3, 0.4) is 0 Å². The summed E-state index contributed by atoms with van der Waals surface area (Å²) >= 11 is 0. The molecule has 0 saturated carbocycles. The van der Waals surface area contributed by atoms with Gasteiger partial charge in [-0.15, -0.1) is 0 Å². The maximum absolute atomic E-state index is 12.7. The summed E-state index contributed by atoms with van der Waals surface area (Å²) < 4.78 is 5.11. The molecule has 0 saturated heterocycles. The number of hydrogen-bond acceptors (Lipinski definition) is 6. The number of amides is 5. The number of ether oxygens (including phenoxy) is 1. The highest BCUT2D eigenvalue weighted by atomic mass is 16.6. The number of nitrogens with one attached hydrogen (secondary N) is 3. The summed E-state index contributed by atoms with van der Waals surface area (Å²) in [5, 5.41) is 7.96. The Morgan fingerprint density at radius 2 is 1.47 bits per heavy atom. The average Bonchev–Trinajstić information content (AvgIpc) is 3.03. The molecule has 0 aliphatic carbocycles. The molecule has 0 aromatic heterocycles. The maximum Gasteiger partial charge on any atom is 0.407 e. The first-order valence-corrected chi connectivity index (χ1v) is 11.6. The SMILES string of the molecule is CC(C)N1C(=O)c2ccc(C(=O)Nc3ccc(NC(=O)CCNC(=O)OC(C)(C)C)cc3)cc2C1=O. The van der Waals surface area contributed by atoms with Gasteiger partial charge < -0.3 is 20.7 Å². The molecule has 1 aliphatic rings. The summed E-state index contributed by atoms with van der Waals surface area (Å²) in [6.45, 7) is 8.88. The molecule has 10 nitrogen and oxygen atoms in total. The van der Waals surface area contributed by atoms with Crippen molar-refractivity contribution in [1.82, 2.24) is 10.2 Å². The zero-order valence-electron chi connectivity index (χ0n) is 20.9. The van der Waals surface area contributed by atoms with Crippen molar-refractivity contribution in [2.45, 2.75) is 52.7 Å². The van der Waals surface area contributed by atoms with E-state index in [2.05, 4.69) is 16.0 Å². The molecular formula is C26H30N4O6. The van der Waals surface area contributed by atoms with Gasteiger partial charge in [-0.2, -0.15) is 0 Å². The predicted molar refractivity (Wildman–Crippen MR) is 134 cm³/mol. The molecule has 0 spiro atoms. The number of imide groups is 1. The van der Waals surface area contributed by atoms with E-state index in [0.29, 0.717) is 11.4 Å². The van der Waals surface area contributed by atoms with Gasteiger partial charge in [-0.3, -0.25) is 24.1 Å². The number of benzene rings is 2. The van der Waals surface area contributed by atoms with Crippen LogP contribution in [0.1, 0.15) is 72.1 Å². The molecule has 0 fully saturated rings. The van der Waals surface area contributed by atoms with Crippen LogP contribution in [0.4, 0.5) is 16.2 Å². The number of fused-ring (bicyclic) bond motifs is 1. The first-order valence-electron chi connectivity index (χ1n) is 11.6. The summed E-state index contributed by atoms with van der Waals surface area (Å²) in [6.07, 6.45) is -0.530. The van der Waals surface area contributed by atoms with Crippen LogP contribution in [-0.2, 0) is 9.53 Å². The fourth-order valence-electron chi connectivity index (χ4n) is 3.53. The number of nitrogens with zero attached hydrogens (tertiary/aromatic N) is 1. The molecule has 10 heteroatoms.